The van der Waals surface area contributed by atoms with E-state index < -0.39 is 11.9 Å². The van der Waals surface area contributed by atoms with Gasteiger partial charge in [0.25, 0.3) is 5.91 Å². The minimum atomic E-state index is -0.498. The van der Waals surface area contributed by atoms with Crippen LogP contribution in [-0.2, 0) is 6.54 Å². The first kappa shape index (κ1) is 30.6. The van der Waals surface area contributed by atoms with E-state index in [0.29, 0.717) is 45.1 Å². The van der Waals surface area contributed by atoms with Gasteiger partial charge in [-0.3, -0.25) is 9.78 Å². The first-order valence-corrected chi connectivity index (χ1v) is 15.3. The van der Waals surface area contributed by atoms with Gasteiger partial charge in [-0.25, -0.2) is 13.8 Å². The zero-order chi connectivity index (χ0) is 33.0. The van der Waals surface area contributed by atoms with E-state index in [2.05, 4.69) is 25.5 Å². The Bertz CT molecular complexity index is 2190. The monoisotopic (exact) mass is 658 g/mol. The van der Waals surface area contributed by atoms with Crippen molar-refractivity contribution in [2.45, 2.75) is 12.6 Å². The first-order chi connectivity index (χ1) is 23.4. The van der Waals surface area contributed by atoms with E-state index in [1.165, 1.54) is 24.3 Å². The molecule has 8 nitrogen and oxygen atoms in total. The van der Waals surface area contributed by atoms with Crippen LogP contribution in [0.5, 0.6) is 0 Å². The molecule has 0 radical (unpaired) electrons. The number of carbonyl (C=O) groups excluding carboxylic acids is 1. The van der Waals surface area contributed by atoms with Crippen molar-refractivity contribution in [3.05, 3.63) is 156 Å². The van der Waals surface area contributed by atoms with Crippen LogP contribution < -0.4 is 5.32 Å². The molecule has 1 amide bonds. The lowest BCUT2D eigenvalue weighted by molar-refractivity contribution is 0.0932. The zero-order valence-electron chi connectivity index (χ0n) is 25.1. The largest absolute Gasteiger partial charge is 0.416 e. The lowest BCUT2D eigenvalue weighted by Crippen LogP contribution is -2.31. The summed E-state index contributed by atoms with van der Waals surface area (Å²) in [7, 11) is 0. The van der Waals surface area contributed by atoms with Crippen LogP contribution in [0.1, 0.15) is 22.0 Å². The average molecular weight is 659 g/mol. The Labute approximate surface area is 278 Å². The molecule has 0 saturated carbocycles. The van der Waals surface area contributed by atoms with Gasteiger partial charge in [-0.15, -0.1) is 10.2 Å². The fourth-order valence-electron chi connectivity index (χ4n) is 5.32. The molecule has 4 aromatic carbocycles. The van der Waals surface area contributed by atoms with Gasteiger partial charge in [0.1, 0.15) is 11.6 Å². The van der Waals surface area contributed by atoms with Crippen LogP contribution >= 0.6 is 11.6 Å². The predicted molar refractivity (Wildman–Crippen MR) is 178 cm³/mol. The Kier molecular flexibility index (Phi) is 8.55. The molecule has 0 bridgehead atoms. The SMILES string of the molecule is O=C(N[C@@H](Cn1ccnc1)c1ccc(-c2ccc(F)cc2)cc1Cl)c1ccc(-c2nnc(-c3cc(F)cc(-c4ccccn4)c3)o2)cc1. The number of hydrogen-bond donors (Lipinski definition) is 1. The third kappa shape index (κ3) is 6.74. The zero-order valence-corrected chi connectivity index (χ0v) is 25.9. The van der Waals surface area contributed by atoms with Gasteiger partial charge in [-0.2, -0.15) is 0 Å². The molecule has 11 heteroatoms. The van der Waals surface area contributed by atoms with E-state index in [1.807, 2.05) is 22.8 Å². The quantitative estimate of drug-likeness (QED) is 0.167. The number of pyridine rings is 1. The van der Waals surface area contributed by atoms with Crippen molar-refractivity contribution in [3.63, 3.8) is 0 Å². The van der Waals surface area contributed by atoms with Gasteiger partial charge in [-0.1, -0.05) is 41.9 Å². The molecule has 1 N–H and O–H groups in total. The number of hydrogen-bond acceptors (Lipinski definition) is 6. The topological polar surface area (TPSA) is 98.7 Å². The fraction of sp³-hybridized carbons (Fsp3) is 0.0541. The molecule has 0 aliphatic carbocycles. The normalized spacial score (nSPS) is 11.7. The summed E-state index contributed by atoms with van der Waals surface area (Å²) in [5.41, 5.74) is 4.95. The number of rotatable bonds is 9. The van der Waals surface area contributed by atoms with E-state index in [4.69, 9.17) is 16.0 Å². The van der Waals surface area contributed by atoms with Crippen molar-refractivity contribution in [2.24, 2.45) is 0 Å². The number of benzene rings is 4. The second-order valence-electron chi connectivity index (χ2n) is 11.0. The molecule has 48 heavy (non-hydrogen) atoms. The maximum Gasteiger partial charge on any atom is 0.251 e. The summed E-state index contributed by atoms with van der Waals surface area (Å²) < 4.78 is 35.7. The molecule has 0 unspecified atom stereocenters. The summed E-state index contributed by atoms with van der Waals surface area (Å²) in [5.74, 6) is -0.739. The molecule has 7 rings (SSSR count). The van der Waals surface area contributed by atoms with Crippen molar-refractivity contribution in [1.29, 1.82) is 0 Å². The van der Waals surface area contributed by atoms with Crippen molar-refractivity contribution in [1.82, 2.24) is 30.0 Å². The van der Waals surface area contributed by atoms with E-state index in [9.17, 15) is 13.6 Å². The van der Waals surface area contributed by atoms with Gasteiger partial charge in [-0.05, 0) is 89.5 Å². The van der Waals surface area contributed by atoms with E-state index in [-0.39, 0.29) is 23.5 Å². The molecule has 3 heterocycles. The van der Waals surface area contributed by atoms with Crippen LogP contribution in [0.15, 0.2) is 132 Å². The number of carbonyl (C=O) groups is 1. The number of imidazole rings is 1. The Hall–Kier alpha value is -6.00. The summed E-state index contributed by atoms with van der Waals surface area (Å²) in [6, 6.07) is 27.8. The van der Waals surface area contributed by atoms with Gasteiger partial charge >= 0.3 is 0 Å². The van der Waals surface area contributed by atoms with Crippen LogP contribution in [0.4, 0.5) is 8.78 Å². The smallest absolute Gasteiger partial charge is 0.251 e. The first-order valence-electron chi connectivity index (χ1n) is 14.9. The third-order valence-corrected chi connectivity index (χ3v) is 8.06. The van der Waals surface area contributed by atoms with Crippen LogP contribution in [0, 0.1) is 11.6 Å². The van der Waals surface area contributed by atoms with Crippen molar-refractivity contribution < 1.29 is 18.0 Å². The molecule has 7 aromatic rings. The maximum atomic E-state index is 14.5. The van der Waals surface area contributed by atoms with Crippen LogP contribution in [0.2, 0.25) is 5.02 Å². The molecule has 0 saturated heterocycles. The van der Waals surface area contributed by atoms with E-state index in [1.54, 1.807) is 85.6 Å². The van der Waals surface area contributed by atoms with Crippen molar-refractivity contribution >= 4 is 17.5 Å². The standard InChI is InChI=1S/C37H25ClF2N6O2/c38-32-20-26(23-8-11-29(39)12-9-23)10-13-31(32)34(21-46-16-15-41-22-46)43-35(47)24-4-6-25(7-5-24)36-44-45-37(48-36)28-17-27(18-30(40)19-28)33-3-1-2-14-42-33/h1-20,22,34H,21H2,(H,43,47)/t34-/m0/s1. The highest BCUT2D eigenvalue weighted by molar-refractivity contribution is 6.31. The highest BCUT2D eigenvalue weighted by Gasteiger charge is 2.21. The van der Waals surface area contributed by atoms with Gasteiger partial charge in [0.2, 0.25) is 11.8 Å². The molecule has 0 spiro atoms. The van der Waals surface area contributed by atoms with Crippen molar-refractivity contribution in [3.8, 4) is 45.3 Å². The minimum Gasteiger partial charge on any atom is -0.416 e. The summed E-state index contributed by atoms with van der Waals surface area (Å²) >= 11 is 6.76. The molecule has 236 valence electrons. The summed E-state index contributed by atoms with van der Waals surface area (Å²) in [6.45, 7) is 0.381. The molecule has 0 aliphatic heterocycles. The fourth-order valence-corrected chi connectivity index (χ4v) is 5.63. The molecular formula is C37H25ClF2N6O2. The Morgan fingerprint density at radius 2 is 1.50 bits per heavy atom. The van der Waals surface area contributed by atoms with Gasteiger partial charge in [0.15, 0.2) is 0 Å². The average Bonchev–Trinajstić information content (AvgIpc) is 3.82. The van der Waals surface area contributed by atoms with Crippen LogP contribution in [0.25, 0.3) is 45.3 Å². The summed E-state index contributed by atoms with van der Waals surface area (Å²) in [5, 5.41) is 11.8. The van der Waals surface area contributed by atoms with E-state index >= 15 is 0 Å². The van der Waals surface area contributed by atoms with Gasteiger partial charge in [0, 0.05) is 52.4 Å². The number of aromatic nitrogens is 5. The third-order valence-electron chi connectivity index (χ3n) is 7.74. The number of nitrogens with one attached hydrogen (secondary N) is 1. The Morgan fingerprint density at radius 3 is 2.21 bits per heavy atom. The Morgan fingerprint density at radius 1 is 0.771 bits per heavy atom. The summed E-state index contributed by atoms with van der Waals surface area (Å²) in [4.78, 5) is 21.9. The lowest BCUT2D eigenvalue weighted by atomic mass is 10.00. The molecule has 0 fully saturated rings. The molecule has 3 aromatic heterocycles. The molecular weight excluding hydrogens is 634 g/mol. The highest BCUT2D eigenvalue weighted by atomic mass is 35.5. The molecule has 0 aliphatic rings. The number of amides is 1. The van der Waals surface area contributed by atoms with Gasteiger partial charge in [0.05, 0.1) is 18.1 Å². The minimum absolute atomic E-state index is 0.146. The van der Waals surface area contributed by atoms with Crippen LogP contribution in [-0.4, -0.2) is 30.6 Å². The van der Waals surface area contributed by atoms with E-state index in [0.717, 1.165) is 11.1 Å². The molecule has 1 atom stereocenters. The number of halogens is 3. The summed E-state index contributed by atoms with van der Waals surface area (Å²) in [6.07, 6.45) is 6.76. The van der Waals surface area contributed by atoms with Crippen molar-refractivity contribution in [2.75, 3.05) is 0 Å². The highest BCUT2D eigenvalue weighted by Crippen LogP contribution is 2.32. The Balaban J connectivity index is 1.10. The van der Waals surface area contributed by atoms with Gasteiger partial charge < -0.3 is 14.3 Å². The maximum absolute atomic E-state index is 14.5. The lowest BCUT2D eigenvalue weighted by Gasteiger charge is -2.21. The number of nitrogens with zero attached hydrogens (tertiary/aromatic N) is 5. The predicted octanol–water partition coefficient (Wildman–Crippen LogP) is 8.43. The second-order valence-corrected chi connectivity index (χ2v) is 11.4. The second kappa shape index (κ2) is 13.4. The van der Waals surface area contributed by atoms with Crippen LogP contribution in [0.3, 0.4) is 0 Å².